The Hall–Kier alpha value is -3.35. The molecule has 0 fully saturated rings. The van der Waals surface area contributed by atoms with Crippen LogP contribution in [0.1, 0.15) is 11.5 Å². The minimum Gasteiger partial charge on any atom is -0.378 e. The zero-order valence-corrected chi connectivity index (χ0v) is 15.0. The summed E-state index contributed by atoms with van der Waals surface area (Å²) in [6, 6.07) is 15.0. The number of rotatable bonds is 5. The van der Waals surface area contributed by atoms with Crippen LogP contribution >= 0.6 is 0 Å². The minimum absolute atomic E-state index is 0.259. The van der Waals surface area contributed by atoms with E-state index in [9.17, 15) is 4.79 Å². The lowest BCUT2D eigenvalue weighted by Gasteiger charge is -2.13. The van der Waals surface area contributed by atoms with E-state index in [0.717, 1.165) is 16.8 Å². The molecular weight excluding hydrogens is 330 g/mol. The predicted molar refractivity (Wildman–Crippen MR) is 101 cm³/mol. The van der Waals surface area contributed by atoms with Crippen LogP contribution in [0.2, 0.25) is 0 Å². The first-order valence-corrected chi connectivity index (χ1v) is 8.23. The molecule has 0 saturated heterocycles. The smallest absolute Gasteiger partial charge is 0.319 e. The number of carbonyl (C=O) groups excluding carboxylic acids is 1. The molecule has 0 bridgehead atoms. The molecule has 26 heavy (non-hydrogen) atoms. The van der Waals surface area contributed by atoms with E-state index in [4.69, 9.17) is 4.52 Å². The second-order valence-corrected chi connectivity index (χ2v) is 6.08. The molecule has 0 spiro atoms. The predicted octanol–water partition coefficient (Wildman–Crippen LogP) is 3.43. The summed E-state index contributed by atoms with van der Waals surface area (Å²) in [6.45, 7) is 2.20. The summed E-state index contributed by atoms with van der Waals surface area (Å²) in [5.41, 5.74) is 3.67. The van der Waals surface area contributed by atoms with Gasteiger partial charge in [-0.05, 0) is 42.0 Å². The molecule has 2 aromatic carbocycles. The van der Waals surface area contributed by atoms with E-state index in [-0.39, 0.29) is 6.03 Å². The van der Waals surface area contributed by atoms with Gasteiger partial charge < -0.3 is 20.1 Å². The van der Waals surface area contributed by atoms with Crippen molar-refractivity contribution in [2.75, 3.05) is 24.3 Å². The van der Waals surface area contributed by atoms with Crippen LogP contribution < -0.4 is 15.5 Å². The highest BCUT2D eigenvalue weighted by Crippen LogP contribution is 2.18. The zero-order valence-electron chi connectivity index (χ0n) is 15.0. The van der Waals surface area contributed by atoms with Gasteiger partial charge in [0.25, 0.3) is 0 Å². The molecule has 0 aliphatic rings. The summed E-state index contributed by atoms with van der Waals surface area (Å²) in [6.07, 6.45) is 0. The van der Waals surface area contributed by atoms with Gasteiger partial charge in [-0.25, -0.2) is 4.79 Å². The maximum absolute atomic E-state index is 12.0. The molecule has 2 N–H and O–H groups in total. The summed E-state index contributed by atoms with van der Waals surface area (Å²) in [5, 5.41) is 9.51. The van der Waals surface area contributed by atoms with Crippen LogP contribution in [-0.2, 0) is 6.54 Å². The van der Waals surface area contributed by atoms with Gasteiger partial charge in [0.05, 0.1) is 0 Å². The van der Waals surface area contributed by atoms with Crippen LogP contribution in [0.5, 0.6) is 0 Å². The van der Waals surface area contributed by atoms with E-state index in [0.29, 0.717) is 23.9 Å². The van der Waals surface area contributed by atoms with E-state index in [1.165, 1.54) is 0 Å². The normalized spacial score (nSPS) is 10.4. The van der Waals surface area contributed by atoms with Gasteiger partial charge in [-0.1, -0.05) is 17.3 Å². The Balaban J connectivity index is 1.53. The van der Waals surface area contributed by atoms with Crippen molar-refractivity contribution in [1.29, 1.82) is 0 Å². The highest BCUT2D eigenvalue weighted by atomic mass is 16.5. The van der Waals surface area contributed by atoms with Gasteiger partial charge in [0.2, 0.25) is 11.7 Å². The summed E-state index contributed by atoms with van der Waals surface area (Å²) in [4.78, 5) is 18.3. The molecule has 1 heterocycles. The molecule has 7 nitrogen and oxygen atoms in total. The first-order chi connectivity index (χ1) is 12.5. The van der Waals surface area contributed by atoms with Crippen LogP contribution in [0.25, 0.3) is 11.4 Å². The van der Waals surface area contributed by atoms with Crippen molar-refractivity contribution in [3.05, 3.63) is 60.0 Å². The van der Waals surface area contributed by atoms with Gasteiger partial charge in [0.15, 0.2) is 0 Å². The quantitative estimate of drug-likeness (QED) is 0.736. The Labute approximate surface area is 152 Å². The van der Waals surface area contributed by atoms with Crippen molar-refractivity contribution in [3.63, 3.8) is 0 Å². The molecule has 0 unspecified atom stereocenters. The fraction of sp³-hybridized carbons (Fsp3) is 0.211. The average molecular weight is 351 g/mol. The summed E-state index contributed by atoms with van der Waals surface area (Å²) < 4.78 is 4.96. The fourth-order valence-corrected chi connectivity index (χ4v) is 2.39. The number of hydrogen-bond acceptors (Lipinski definition) is 5. The number of nitrogens with zero attached hydrogens (tertiary/aromatic N) is 3. The lowest BCUT2D eigenvalue weighted by Crippen LogP contribution is -2.28. The number of amides is 2. The number of urea groups is 1. The van der Waals surface area contributed by atoms with Crippen molar-refractivity contribution >= 4 is 17.4 Å². The van der Waals surface area contributed by atoms with Crippen LogP contribution in [0, 0.1) is 6.92 Å². The van der Waals surface area contributed by atoms with Gasteiger partial charge in [-0.2, -0.15) is 4.98 Å². The van der Waals surface area contributed by atoms with E-state index in [1.807, 2.05) is 55.4 Å². The Bertz CT molecular complexity index is 870. The molecule has 2 amide bonds. The lowest BCUT2D eigenvalue weighted by molar-refractivity contribution is 0.251. The first-order valence-electron chi connectivity index (χ1n) is 8.23. The molecule has 3 aromatic rings. The van der Waals surface area contributed by atoms with Crippen LogP contribution in [-0.4, -0.2) is 30.3 Å². The summed E-state index contributed by atoms with van der Waals surface area (Å²) >= 11 is 0. The van der Waals surface area contributed by atoms with Gasteiger partial charge in [0, 0.05) is 44.5 Å². The number of aromatic nitrogens is 2. The molecule has 1 aromatic heterocycles. The number of anilines is 2. The monoisotopic (exact) mass is 351 g/mol. The Morgan fingerprint density at radius 3 is 2.35 bits per heavy atom. The molecule has 0 aliphatic heterocycles. The second-order valence-electron chi connectivity index (χ2n) is 6.08. The molecule has 0 atom stereocenters. The van der Waals surface area contributed by atoms with Crippen molar-refractivity contribution in [3.8, 4) is 11.4 Å². The van der Waals surface area contributed by atoms with E-state index in [1.54, 1.807) is 19.1 Å². The second kappa shape index (κ2) is 7.69. The number of benzene rings is 2. The third-order valence-electron chi connectivity index (χ3n) is 3.83. The van der Waals surface area contributed by atoms with Crippen molar-refractivity contribution in [1.82, 2.24) is 15.5 Å². The number of aryl methyl sites for hydroxylation is 1. The minimum atomic E-state index is -0.259. The largest absolute Gasteiger partial charge is 0.378 e. The van der Waals surface area contributed by atoms with Crippen LogP contribution in [0.3, 0.4) is 0 Å². The van der Waals surface area contributed by atoms with Crippen LogP contribution in [0.15, 0.2) is 53.1 Å². The Morgan fingerprint density at radius 1 is 1.08 bits per heavy atom. The van der Waals surface area contributed by atoms with Gasteiger partial charge in [0.1, 0.15) is 0 Å². The van der Waals surface area contributed by atoms with Crippen LogP contribution in [0.4, 0.5) is 16.2 Å². The standard InChI is InChI=1S/C19H21N5O2/c1-13-21-18(23-26-13)15-6-8-16(9-7-15)22-19(25)20-12-14-4-10-17(11-5-14)24(2)3/h4-11H,12H2,1-3H3,(H2,20,22,25). The van der Waals surface area contributed by atoms with E-state index < -0.39 is 0 Å². The third kappa shape index (κ3) is 4.38. The molecule has 0 radical (unpaired) electrons. The lowest BCUT2D eigenvalue weighted by atomic mass is 10.2. The Morgan fingerprint density at radius 2 is 1.77 bits per heavy atom. The number of hydrogen-bond donors (Lipinski definition) is 2. The summed E-state index contributed by atoms with van der Waals surface area (Å²) in [7, 11) is 3.98. The van der Waals surface area contributed by atoms with Crippen molar-refractivity contribution < 1.29 is 9.32 Å². The summed E-state index contributed by atoms with van der Waals surface area (Å²) in [5.74, 6) is 1.04. The molecule has 0 saturated carbocycles. The van der Waals surface area contributed by atoms with E-state index in [2.05, 4.69) is 20.8 Å². The number of nitrogens with one attached hydrogen (secondary N) is 2. The first kappa shape index (κ1) is 17.5. The number of carbonyl (C=O) groups is 1. The Kier molecular flexibility index (Phi) is 5.17. The molecule has 134 valence electrons. The van der Waals surface area contributed by atoms with Crippen molar-refractivity contribution in [2.24, 2.45) is 0 Å². The van der Waals surface area contributed by atoms with Gasteiger partial charge in [-0.15, -0.1) is 0 Å². The van der Waals surface area contributed by atoms with Gasteiger partial charge in [-0.3, -0.25) is 0 Å². The van der Waals surface area contributed by atoms with Crippen molar-refractivity contribution in [2.45, 2.75) is 13.5 Å². The molecule has 7 heteroatoms. The third-order valence-corrected chi connectivity index (χ3v) is 3.83. The maximum atomic E-state index is 12.0. The van der Waals surface area contributed by atoms with E-state index >= 15 is 0 Å². The SMILES string of the molecule is Cc1nc(-c2ccc(NC(=O)NCc3ccc(N(C)C)cc3)cc2)no1. The highest BCUT2D eigenvalue weighted by molar-refractivity contribution is 5.89. The maximum Gasteiger partial charge on any atom is 0.319 e. The topological polar surface area (TPSA) is 83.3 Å². The zero-order chi connectivity index (χ0) is 18.5. The van der Waals surface area contributed by atoms with Gasteiger partial charge >= 0.3 is 6.03 Å². The highest BCUT2D eigenvalue weighted by Gasteiger charge is 2.07. The average Bonchev–Trinajstić information content (AvgIpc) is 3.07. The molecule has 0 aliphatic carbocycles. The molecular formula is C19H21N5O2. The fourth-order valence-electron chi connectivity index (χ4n) is 2.39. The molecule has 3 rings (SSSR count).